The number of rotatable bonds is 8. The first kappa shape index (κ1) is 29.8. The van der Waals surface area contributed by atoms with Gasteiger partial charge in [0, 0.05) is 44.5 Å². The van der Waals surface area contributed by atoms with E-state index in [1.54, 1.807) is 12.1 Å². The van der Waals surface area contributed by atoms with E-state index in [0.29, 0.717) is 28.0 Å². The molecule has 2 aromatic rings. The van der Waals surface area contributed by atoms with Gasteiger partial charge in [-0.25, -0.2) is 9.37 Å². The van der Waals surface area contributed by atoms with Gasteiger partial charge in [0.05, 0.1) is 22.8 Å². The maximum absolute atomic E-state index is 12.9. The van der Waals surface area contributed by atoms with E-state index in [4.69, 9.17) is 11.6 Å². The Morgan fingerprint density at radius 3 is 2.66 bits per heavy atom. The summed E-state index contributed by atoms with van der Waals surface area (Å²) in [6, 6.07) is 10.9. The third-order valence-electron chi connectivity index (χ3n) is 7.07. The highest BCUT2D eigenvalue weighted by atomic mass is 35.5. The highest BCUT2D eigenvalue weighted by Crippen LogP contribution is 2.41. The average Bonchev–Trinajstić information content (AvgIpc) is 2.92. The van der Waals surface area contributed by atoms with E-state index >= 15 is 0 Å². The second kappa shape index (κ2) is 14.4. The van der Waals surface area contributed by atoms with E-state index in [-0.39, 0.29) is 23.7 Å². The van der Waals surface area contributed by atoms with E-state index in [0.717, 1.165) is 55.0 Å². The number of fused-ring (bicyclic) bond motifs is 1. The van der Waals surface area contributed by atoms with Gasteiger partial charge in [-0.2, -0.15) is 9.15 Å². The highest BCUT2D eigenvalue weighted by molar-refractivity contribution is 7.93. The first-order valence-corrected chi connectivity index (χ1v) is 14.3. The van der Waals surface area contributed by atoms with Gasteiger partial charge in [0.2, 0.25) is 0 Å². The Hall–Kier alpha value is -2.76. The molecule has 1 aromatic heterocycles. The quantitative estimate of drug-likeness (QED) is 0.259. The maximum Gasteiger partial charge on any atom is 0.130 e. The summed E-state index contributed by atoms with van der Waals surface area (Å²) in [5.41, 5.74) is 5.38. The Morgan fingerprint density at radius 1 is 1.26 bits per heavy atom. The second-order valence-corrected chi connectivity index (χ2v) is 10.5. The second-order valence-electron chi connectivity index (χ2n) is 9.58. The lowest BCUT2D eigenvalue weighted by molar-refractivity contribution is 0.265. The summed E-state index contributed by atoms with van der Waals surface area (Å²) < 4.78 is 25.0. The number of hydrogen-bond donors (Lipinski definition) is 1. The lowest BCUT2D eigenvalue weighted by Crippen LogP contribution is -2.36. The maximum atomic E-state index is 12.9. The van der Waals surface area contributed by atoms with Crippen molar-refractivity contribution in [3.63, 3.8) is 0 Å². The summed E-state index contributed by atoms with van der Waals surface area (Å²) in [6.07, 6.45) is 8.22. The average molecular weight is 560 g/mol. The van der Waals surface area contributed by atoms with Crippen LogP contribution in [0.4, 0.5) is 19.7 Å². The van der Waals surface area contributed by atoms with Crippen LogP contribution in [-0.4, -0.2) is 36.6 Å². The van der Waals surface area contributed by atoms with Crippen molar-refractivity contribution in [3.8, 4) is 6.07 Å². The summed E-state index contributed by atoms with van der Waals surface area (Å²) in [5, 5.41) is 13.3. The Kier molecular flexibility index (Phi) is 11.3. The summed E-state index contributed by atoms with van der Waals surface area (Å²) in [5.74, 6) is -0.133. The van der Waals surface area contributed by atoms with Crippen molar-refractivity contribution >= 4 is 40.8 Å². The van der Waals surface area contributed by atoms with Crippen LogP contribution in [0.2, 0.25) is 5.15 Å². The van der Waals surface area contributed by atoms with Crippen LogP contribution in [0.5, 0.6) is 0 Å². The number of anilines is 2. The summed E-state index contributed by atoms with van der Waals surface area (Å²) >= 11 is 6.34. The summed E-state index contributed by atoms with van der Waals surface area (Å²) in [6.45, 7) is 7.05. The molecule has 0 unspecified atom stereocenters. The molecule has 5 nitrogen and oxygen atoms in total. The normalized spacial score (nSPS) is 15.4. The van der Waals surface area contributed by atoms with Gasteiger partial charge in [-0.3, -0.25) is 0 Å². The summed E-state index contributed by atoms with van der Waals surface area (Å²) in [7, 11) is 3.97. The molecule has 204 valence electrons. The molecule has 1 aliphatic heterocycles. The fourth-order valence-corrected chi connectivity index (χ4v) is 5.37. The molecule has 0 bridgehead atoms. The number of pyridine rings is 1. The van der Waals surface area contributed by atoms with Gasteiger partial charge in [-0.15, -0.1) is 0 Å². The van der Waals surface area contributed by atoms with Crippen LogP contribution < -0.4 is 10.2 Å². The molecule has 1 aliphatic carbocycles. The van der Waals surface area contributed by atoms with Gasteiger partial charge in [0.1, 0.15) is 28.3 Å². The van der Waals surface area contributed by atoms with Crippen LogP contribution in [0.15, 0.2) is 48.2 Å². The fourth-order valence-electron chi connectivity index (χ4n) is 4.87. The monoisotopic (exact) mass is 559 g/mol. The van der Waals surface area contributed by atoms with Crippen LogP contribution >= 0.6 is 23.7 Å². The topological polar surface area (TPSA) is 55.2 Å². The number of unbranched alkanes of at least 4 members (excludes halogenated alkanes) is 1. The lowest BCUT2D eigenvalue weighted by atomic mass is 9.92. The van der Waals surface area contributed by atoms with Gasteiger partial charge in [-0.05, 0) is 55.2 Å². The molecule has 1 N–H and O–H groups in total. The molecule has 4 rings (SSSR count). The van der Waals surface area contributed by atoms with Crippen LogP contribution in [0.1, 0.15) is 63.1 Å². The summed E-state index contributed by atoms with van der Waals surface area (Å²) in [4.78, 5) is 8.66. The molecule has 1 fully saturated rings. The molecule has 0 amide bonds. The number of nitrogens with one attached hydrogen (secondary N) is 1. The number of aromatic nitrogens is 1. The van der Waals surface area contributed by atoms with Crippen molar-refractivity contribution in [1.82, 2.24) is 9.88 Å². The van der Waals surface area contributed by atoms with Crippen LogP contribution in [-0.2, 0) is 5.75 Å². The lowest BCUT2D eigenvalue weighted by Gasteiger charge is -2.39. The Morgan fingerprint density at radius 2 is 2.00 bits per heavy atom. The molecule has 1 aromatic carbocycles. The van der Waals surface area contributed by atoms with Crippen LogP contribution in [0.3, 0.4) is 0 Å². The number of hydrogen-bond acceptors (Lipinski definition) is 6. The van der Waals surface area contributed by atoms with Gasteiger partial charge >= 0.3 is 0 Å². The molecule has 0 atom stereocenters. The van der Waals surface area contributed by atoms with Gasteiger partial charge in [0.25, 0.3) is 0 Å². The molecule has 38 heavy (non-hydrogen) atoms. The zero-order chi connectivity index (χ0) is 27.7. The minimum absolute atomic E-state index is 0.187. The Balaban J connectivity index is 0.000000232. The third kappa shape index (κ3) is 7.21. The number of benzene rings is 1. The van der Waals surface area contributed by atoms with E-state index in [9.17, 15) is 13.5 Å². The van der Waals surface area contributed by atoms with Gasteiger partial charge in [-0.1, -0.05) is 50.8 Å². The van der Waals surface area contributed by atoms with Crippen molar-refractivity contribution in [1.29, 1.82) is 5.26 Å². The standard InChI is InChI=1S/C18H21ClN4.C11H15F2NS/c1-12-14(11-20)18(23(3)13-7-5-4-6-8-13)17-15(22(12)2)9-10-16(19)21-17;1-2-3-6-14-11-5-4-10(12)7-9(11)8-15-13/h9-10,13H,1,4-8H2,2-3H3;4-5,7,14H,2-3,6,8H2,1H3. The molecule has 2 aliphatic rings. The number of nitrogens with zero attached hydrogens (tertiary/aromatic N) is 4. The number of allylic oxidation sites excluding steroid dienone is 1. The zero-order valence-electron chi connectivity index (χ0n) is 22.4. The van der Waals surface area contributed by atoms with Crippen molar-refractivity contribution in [2.24, 2.45) is 0 Å². The SMILES string of the molecule is C=C1C(C#N)=C(N(C)C2CCCCC2)c2nc(Cl)ccc2N1C.CCCCNc1ccc(F)cc1CSF. The van der Waals surface area contributed by atoms with Crippen molar-refractivity contribution < 1.29 is 8.28 Å². The van der Waals surface area contributed by atoms with E-state index in [2.05, 4.69) is 41.8 Å². The van der Waals surface area contributed by atoms with E-state index in [1.807, 2.05) is 18.0 Å². The predicted molar refractivity (Wildman–Crippen MR) is 156 cm³/mol. The fraction of sp³-hybridized carbons (Fsp3) is 0.448. The van der Waals surface area contributed by atoms with Crippen molar-refractivity contribution in [3.05, 3.63) is 70.4 Å². The zero-order valence-corrected chi connectivity index (χ0v) is 23.9. The molecule has 0 radical (unpaired) electrons. The first-order valence-electron chi connectivity index (χ1n) is 13.0. The first-order chi connectivity index (χ1) is 18.3. The molecule has 0 spiro atoms. The van der Waals surface area contributed by atoms with E-state index < -0.39 is 0 Å². The molecule has 0 saturated heterocycles. The van der Waals surface area contributed by atoms with Crippen LogP contribution in [0.25, 0.3) is 5.70 Å². The molecular weight excluding hydrogens is 524 g/mol. The number of nitriles is 1. The van der Waals surface area contributed by atoms with Gasteiger partial charge < -0.3 is 15.1 Å². The highest BCUT2D eigenvalue weighted by Gasteiger charge is 2.32. The van der Waals surface area contributed by atoms with Crippen LogP contribution in [0, 0.1) is 17.1 Å². The third-order valence-corrected chi connectivity index (χ3v) is 7.70. The minimum Gasteiger partial charge on any atom is -0.385 e. The minimum atomic E-state index is -0.319. The van der Waals surface area contributed by atoms with E-state index in [1.165, 1.54) is 31.4 Å². The number of halogens is 3. The smallest absolute Gasteiger partial charge is 0.130 e. The number of likely N-dealkylation sites (N-methyl/N-ethyl adjacent to an activating group) is 1. The Labute approximate surface area is 234 Å². The predicted octanol–water partition coefficient (Wildman–Crippen LogP) is 8.35. The molecule has 9 heteroatoms. The molecule has 1 saturated carbocycles. The molecular formula is C29H36ClF2N5S. The molecule has 2 heterocycles. The van der Waals surface area contributed by atoms with Gasteiger partial charge in [0.15, 0.2) is 0 Å². The Bertz CT molecular complexity index is 1190. The largest absolute Gasteiger partial charge is 0.385 e. The van der Waals surface area contributed by atoms with Crippen molar-refractivity contribution in [2.75, 3.05) is 30.9 Å². The van der Waals surface area contributed by atoms with Crippen molar-refractivity contribution in [2.45, 2.75) is 63.7 Å².